The van der Waals surface area contributed by atoms with E-state index in [0.29, 0.717) is 17.1 Å². The molecule has 4 rings (SSSR count). The SMILES string of the molecule is Cc1cccc(-n2nc3c(c2NC(=O)/C=C\c2ccccc2)CS(=O)(=O)C3)c1C. The average molecular weight is 407 g/mol. The first-order chi connectivity index (χ1) is 13.8. The summed E-state index contributed by atoms with van der Waals surface area (Å²) in [7, 11) is -3.24. The van der Waals surface area contributed by atoms with Crippen LogP contribution < -0.4 is 5.32 Å². The highest BCUT2D eigenvalue weighted by Crippen LogP contribution is 2.34. The van der Waals surface area contributed by atoms with Crippen molar-refractivity contribution in [3.8, 4) is 5.69 Å². The molecule has 6 nitrogen and oxygen atoms in total. The zero-order valence-electron chi connectivity index (χ0n) is 16.2. The Labute approximate surface area is 169 Å². The first-order valence-electron chi connectivity index (χ1n) is 9.26. The molecule has 0 unspecified atom stereocenters. The maximum Gasteiger partial charge on any atom is 0.249 e. The second kappa shape index (κ2) is 7.33. The van der Waals surface area contributed by atoms with Gasteiger partial charge >= 0.3 is 0 Å². The molecule has 0 fully saturated rings. The number of carbonyl (C=O) groups is 1. The minimum atomic E-state index is -3.24. The lowest BCUT2D eigenvalue weighted by Crippen LogP contribution is -2.15. The van der Waals surface area contributed by atoms with E-state index in [-0.39, 0.29) is 17.4 Å². The van der Waals surface area contributed by atoms with Gasteiger partial charge < -0.3 is 5.32 Å². The van der Waals surface area contributed by atoms with E-state index in [1.807, 2.05) is 62.4 Å². The van der Waals surface area contributed by atoms with Gasteiger partial charge in [0.1, 0.15) is 5.82 Å². The average Bonchev–Trinajstić information content (AvgIpc) is 3.15. The fourth-order valence-electron chi connectivity index (χ4n) is 3.40. The molecule has 2 aromatic carbocycles. The summed E-state index contributed by atoms with van der Waals surface area (Å²) in [4.78, 5) is 12.6. The molecule has 0 saturated carbocycles. The summed E-state index contributed by atoms with van der Waals surface area (Å²) in [6.45, 7) is 3.98. The van der Waals surface area contributed by atoms with E-state index in [0.717, 1.165) is 22.4 Å². The van der Waals surface area contributed by atoms with Crippen LogP contribution in [-0.4, -0.2) is 24.1 Å². The molecule has 7 heteroatoms. The number of hydrogen-bond donors (Lipinski definition) is 1. The first-order valence-corrected chi connectivity index (χ1v) is 11.1. The van der Waals surface area contributed by atoms with Crippen LogP contribution in [0.5, 0.6) is 0 Å². The molecule has 1 aromatic heterocycles. The van der Waals surface area contributed by atoms with Crippen molar-refractivity contribution in [2.45, 2.75) is 25.4 Å². The smallest absolute Gasteiger partial charge is 0.249 e. The summed E-state index contributed by atoms with van der Waals surface area (Å²) in [6.07, 6.45) is 3.15. The first kappa shape index (κ1) is 19.1. The number of amides is 1. The van der Waals surface area contributed by atoms with Gasteiger partial charge in [0.25, 0.3) is 0 Å². The van der Waals surface area contributed by atoms with Gasteiger partial charge in [0.2, 0.25) is 5.91 Å². The molecule has 1 amide bonds. The predicted molar refractivity (Wildman–Crippen MR) is 113 cm³/mol. The summed E-state index contributed by atoms with van der Waals surface area (Å²) < 4.78 is 25.8. The Kier molecular flexibility index (Phi) is 4.84. The third kappa shape index (κ3) is 3.86. The molecule has 0 saturated heterocycles. The van der Waals surface area contributed by atoms with Crippen LogP contribution in [0.2, 0.25) is 0 Å². The molecule has 0 spiro atoms. The van der Waals surface area contributed by atoms with Gasteiger partial charge in [-0.2, -0.15) is 5.10 Å². The molecule has 0 aliphatic carbocycles. The van der Waals surface area contributed by atoms with E-state index >= 15 is 0 Å². The number of anilines is 1. The number of nitrogens with one attached hydrogen (secondary N) is 1. The minimum Gasteiger partial charge on any atom is -0.307 e. The number of fused-ring (bicyclic) bond motifs is 1. The van der Waals surface area contributed by atoms with Crippen molar-refractivity contribution in [2.24, 2.45) is 0 Å². The highest BCUT2D eigenvalue weighted by molar-refractivity contribution is 7.90. The zero-order valence-corrected chi connectivity index (χ0v) is 17.0. The summed E-state index contributed by atoms with van der Waals surface area (Å²) in [5.74, 6) is -0.154. The van der Waals surface area contributed by atoms with Gasteiger partial charge in [-0.15, -0.1) is 0 Å². The van der Waals surface area contributed by atoms with E-state index in [1.54, 1.807) is 10.8 Å². The molecule has 3 aromatic rings. The highest BCUT2D eigenvalue weighted by atomic mass is 32.2. The van der Waals surface area contributed by atoms with E-state index < -0.39 is 9.84 Å². The second-order valence-electron chi connectivity index (χ2n) is 7.17. The van der Waals surface area contributed by atoms with E-state index in [2.05, 4.69) is 10.4 Å². The molecule has 148 valence electrons. The van der Waals surface area contributed by atoms with Gasteiger partial charge in [0, 0.05) is 11.6 Å². The summed E-state index contributed by atoms with van der Waals surface area (Å²) in [5.41, 5.74) is 4.89. The Hall–Kier alpha value is -3.19. The fourth-order valence-corrected chi connectivity index (χ4v) is 4.90. The van der Waals surface area contributed by atoms with Crippen LogP contribution in [0.25, 0.3) is 11.8 Å². The van der Waals surface area contributed by atoms with Crippen molar-refractivity contribution in [3.63, 3.8) is 0 Å². The third-order valence-electron chi connectivity index (χ3n) is 5.06. The van der Waals surface area contributed by atoms with Crippen LogP contribution >= 0.6 is 0 Å². The monoisotopic (exact) mass is 407 g/mol. The minimum absolute atomic E-state index is 0.108. The van der Waals surface area contributed by atoms with Gasteiger partial charge in [-0.3, -0.25) is 4.79 Å². The van der Waals surface area contributed by atoms with Crippen LogP contribution in [0.3, 0.4) is 0 Å². The number of aromatic nitrogens is 2. The Morgan fingerprint density at radius 3 is 2.59 bits per heavy atom. The Morgan fingerprint density at radius 1 is 1.07 bits per heavy atom. The normalized spacial score (nSPS) is 14.8. The lowest BCUT2D eigenvalue weighted by molar-refractivity contribution is -0.111. The quantitative estimate of drug-likeness (QED) is 0.671. The molecule has 1 aliphatic rings. The van der Waals surface area contributed by atoms with Gasteiger partial charge in [-0.25, -0.2) is 13.1 Å². The molecule has 2 heterocycles. The summed E-state index contributed by atoms with van der Waals surface area (Å²) >= 11 is 0. The largest absolute Gasteiger partial charge is 0.307 e. The fraction of sp³-hybridized carbons (Fsp3) is 0.182. The van der Waals surface area contributed by atoms with Gasteiger partial charge in [-0.05, 0) is 42.7 Å². The third-order valence-corrected chi connectivity index (χ3v) is 6.50. The van der Waals surface area contributed by atoms with Crippen molar-refractivity contribution in [2.75, 3.05) is 5.32 Å². The lowest BCUT2D eigenvalue weighted by Gasteiger charge is -2.13. The maximum atomic E-state index is 12.6. The van der Waals surface area contributed by atoms with Crippen LogP contribution in [0.4, 0.5) is 5.82 Å². The van der Waals surface area contributed by atoms with Crippen LogP contribution in [0.1, 0.15) is 27.9 Å². The van der Waals surface area contributed by atoms with Crippen molar-refractivity contribution in [3.05, 3.63) is 82.6 Å². The lowest BCUT2D eigenvalue weighted by atomic mass is 10.1. The van der Waals surface area contributed by atoms with Crippen molar-refractivity contribution >= 4 is 27.6 Å². The Balaban J connectivity index is 1.72. The standard InChI is InChI=1S/C22H21N3O3S/c1-15-7-6-10-20(16(15)2)25-22(18-13-29(27,28)14-19(18)24-25)23-21(26)12-11-17-8-4-3-5-9-17/h3-12H,13-14H2,1-2H3,(H,23,26)/b12-11-. The predicted octanol–water partition coefficient (Wildman–Crippen LogP) is 3.57. The summed E-state index contributed by atoms with van der Waals surface area (Å²) in [6, 6.07) is 15.3. The van der Waals surface area contributed by atoms with Crippen molar-refractivity contribution in [1.82, 2.24) is 9.78 Å². The maximum absolute atomic E-state index is 12.6. The van der Waals surface area contributed by atoms with E-state index in [4.69, 9.17) is 0 Å². The van der Waals surface area contributed by atoms with E-state index in [9.17, 15) is 13.2 Å². The van der Waals surface area contributed by atoms with Crippen LogP contribution in [-0.2, 0) is 26.1 Å². The second-order valence-corrected chi connectivity index (χ2v) is 9.23. The highest BCUT2D eigenvalue weighted by Gasteiger charge is 2.33. The summed E-state index contributed by atoms with van der Waals surface area (Å²) in [5, 5.41) is 7.38. The Bertz CT molecular complexity index is 1230. The van der Waals surface area contributed by atoms with Gasteiger partial charge in [-0.1, -0.05) is 42.5 Å². The molecule has 29 heavy (non-hydrogen) atoms. The molecule has 1 aliphatic heterocycles. The molecular weight excluding hydrogens is 386 g/mol. The number of benzene rings is 2. The number of nitrogens with zero attached hydrogens (tertiary/aromatic N) is 2. The number of sulfone groups is 1. The molecule has 0 bridgehead atoms. The zero-order chi connectivity index (χ0) is 20.6. The van der Waals surface area contributed by atoms with Crippen LogP contribution in [0.15, 0.2) is 54.6 Å². The molecule has 0 atom stereocenters. The number of hydrogen-bond acceptors (Lipinski definition) is 4. The molecular formula is C22H21N3O3S. The molecule has 1 N–H and O–H groups in total. The van der Waals surface area contributed by atoms with Gasteiger partial charge in [0.05, 0.1) is 22.9 Å². The molecule has 0 radical (unpaired) electrons. The number of carbonyl (C=O) groups excluding carboxylic acids is 1. The Morgan fingerprint density at radius 2 is 1.83 bits per heavy atom. The van der Waals surface area contributed by atoms with Crippen LogP contribution in [0, 0.1) is 13.8 Å². The van der Waals surface area contributed by atoms with Crippen molar-refractivity contribution in [1.29, 1.82) is 0 Å². The van der Waals surface area contributed by atoms with E-state index in [1.165, 1.54) is 6.08 Å². The topological polar surface area (TPSA) is 81.1 Å². The number of rotatable bonds is 4. The van der Waals surface area contributed by atoms with Gasteiger partial charge in [0.15, 0.2) is 9.84 Å². The van der Waals surface area contributed by atoms with Crippen molar-refractivity contribution < 1.29 is 13.2 Å². The number of aryl methyl sites for hydroxylation is 1.